The maximum atomic E-state index is 13.4. The Labute approximate surface area is 211 Å². The molecule has 1 aliphatic carbocycles. The maximum Gasteiger partial charge on any atom is 0.272 e. The fourth-order valence-electron chi connectivity index (χ4n) is 4.52. The Hall–Kier alpha value is -1.34. The number of rotatable bonds is 6. The number of benzene rings is 1. The monoisotopic (exact) mass is 553 g/mol. The predicted molar refractivity (Wildman–Crippen MR) is 137 cm³/mol. The fourth-order valence-corrected chi connectivity index (χ4v) is 6.45. The molecule has 1 aromatic carbocycles. The molecule has 0 aliphatic heterocycles. The van der Waals surface area contributed by atoms with Crippen LogP contribution in [0.4, 0.5) is 0 Å². The minimum absolute atomic E-state index is 0.121. The van der Waals surface area contributed by atoms with E-state index in [1.54, 1.807) is 28.2 Å². The number of thiophene rings is 1. The summed E-state index contributed by atoms with van der Waals surface area (Å²) in [4.78, 5) is 14.4. The molecular weight excluding hydrogens is 529 g/mol. The summed E-state index contributed by atoms with van der Waals surface area (Å²) in [5, 5.41) is 9.08. The molecule has 0 radical (unpaired) electrons. The second-order valence-electron chi connectivity index (χ2n) is 8.30. The third-order valence-electron chi connectivity index (χ3n) is 6.21. The molecule has 1 amide bonds. The van der Waals surface area contributed by atoms with Gasteiger partial charge in [0.05, 0.1) is 25.1 Å². The van der Waals surface area contributed by atoms with Crippen LogP contribution in [0.3, 0.4) is 0 Å². The van der Waals surface area contributed by atoms with Gasteiger partial charge in [0.15, 0.2) is 5.69 Å². The lowest BCUT2D eigenvalue weighted by molar-refractivity contribution is 0.0913. The van der Waals surface area contributed by atoms with Crippen LogP contribution in [0.1, 0.15) is 62.0 Å². The molecular formula is C24H26BrCl2N3OS. The number of carbonyl (C=O) groups excluding carboxylic acids is 1. The van der Waals surface area contributed by atoms with Gasteiger partial charge in [0.2, 0.25) is 0 Å². The summed E-state index contributed by atoms with van der Waals surface area (Å²) in [6.07, 6.45) is 6.80. The molecule has 3 aromatic rings. The SMILES string of the molecule is CCc1c(C(=O)N[C@@H](C)C2CCCCC2)nn(-c2ccc(Cl)cc2Cl)c1-c1ccc(Br)s1. The minimum Gasteiger partial charge on any atom is -0.348 e. The van der Waals surface area contributed by atoms with Gasteiger partial charge in [0, 0.05) is 16.6 Å². The van der Waals surface area contributed by atoms with Crippen molar-refractivity contribution in [2.75, 3.05) is 0 Å². The van der Waals surface area contributed by atoms with Gasteiger partial charge >= 0.3 is 0 Å². The zero-order valence-electron chi connectivity index (χ0n) is 18.1. The average Bonchev–Trinajstić information content (AvgIpc) is 3.37. The Morgan fingerprint density at radius 2 is 2.00 bits per heavy atom. The highest BCUT2D eigenvalue weighted by Crippen LogP contribution is 2.38. The van der Waals surface area contributed by atoms with E-state index >= 15 is 0 Å². The number of nitrogens with one attached hydrogen (secondary N) is 1. The van der Waals surface area contributed by atoms with Gasteiger partial charge in [-0.1, -0.05) is 49.4 Å². The quantitative estimate of drug-likeness (QED) is 0.336. The lowest BCUT2D eigenvalue weighted by Crippen LogP contribution is -2.39. The molecule has 4 nitrogen and oxygen atoms in total. The number of halogens is 3. The van der Waals surface area contributed by atoms with E-state index in [4.69, 9.17) is 28.3 Å². The van der Waals surface area contributed by atoms with Gasteiger partial charge in [-0.05, 0) is 78.4 Å². The molecule has 1 aliphatic rings. The van der Waals surface area contributed by atoms with Crippen LogP contribution in [0.5, 0.6) is 0 Å². The van der Waals surface area contributed by atoms with E-state index in [1.165, 1.54) is 32.1 Å². The van der Waals surface area contributed by atoms with Gasteiger partial charge < -0.3 is 5.32 Å². The van der Waals surface area contributed by atoms with Crippen molar-refractivity contribution in [1.29, 1.82) is 0 Å². The van der Waals surface area contributed by atoms with Gasteiger partial charge in [-0.15, -0.1) is 11.3 Å². The van der Waals surface area contributed by atoms with Crippen LogP contribution in [0.2, 0.25) is 10.0 Å². The Bertz CT molecular complexity index is 1120. The van der Waals surface area contributed by atoms with Crippen molar-refractivity contribution in [1.82, 2.24) is 15.1 Å². The Morgan fingerprint density at radius 1 is 1.25 bits per heavy atom. The number of hydrogen-bond acceptors (Lipinski definition) is 3. The second kappa shape index (κ2) is 10.3. The van der Waals surface area contributed by atoms with Crippen molar-refractivity contribution >= 4 is 56.4 Å². The molecule has 2 heterocycles. The van der Waals surface area contributed by atoms with Gasteiger partial charge in [-0.25, -0.2) is 4.68 Å². The Morgan fingerprint density at radius 3 is 2.62 bits per heavy atom. The summed E-state index contributed by atoms with van der Waals surface area (Å²) in [5.74, 6) is 0.402. The normalized spacial score (nSPS) is 15.7. The van der Waals surface area contributed by atoms with Crippen LogP contribution in [0, 0.1) is 5.92 Å². The van der Waals surface area contributed by atoms with Crippen molar-refractivity contribution in [3.8, 4) is 16.3 Å². The van der Waals surface area contributed by atoms with E-state index in [-0.39, 0.29) is 11.9 Å². The minimum atomic E-state index is -0.124. The van der Waals surface area contributed by atoms with E-state index in [0.29, 0.717) is 33.8 Å². The molecule has 1 atom stereocenters. The van der Waals surface area contributed by atoms with E-state index < -0.39 is 0 Å². The molecule has 32 heavy (non-hydrogen) atoms. The summed E-state index contributed by atoms with van der Waals surface area (Å²) >= 11 is 17.8. The van der Waals surface area contributed by atoms with Gasteiger partial charge in [-0.3, -0.25) is 4.79 Å². The number of carbonyl (C=O) groups is 1. The molecule has 0 spiro atoms. The van der Waals surface area contributed by atoms with Gasteiger partial charge in [0.25, 0.3) is 5.91 Å². The molecule has 0 bridgehead atoms. The van der Waals surface area contributed by atoms with E-state index in [2.05, 4.69) is 35.1 Å². The summed E-state index contributed by atoms with van der Waals surface area (Å²) < 4.78 is 2.80. The number of hydrogen-bond donors (Lipinski definition) is 1. The van der Waals surface area contributed by atoms with Gasteiger partial charge in [0.1, 0.15) is 0 Å². The molecule has 2 aromatic heterocycles. The number of nitrogens with zero attached hydrogens (tertiary/aromatic N) is 2. The first-order valence-corrected chi connectivity index (χ1v) is 13.4. The summed E-state index contributed by atoms with van der Waals surface area (Å²) in [5.41, 5.74) is 2.96. The summed E-state index contributed by atoms with van der Waals surface area (Å²) in [6, 6.07) is 9.49. The summed E-state index contributed by atoms with van der Waals surface area (Å²) in [7, 11) is 0. The first-order valence-electron chi connectivity index (χ1n) is 11.0. The lowest BCUT2D eigenvalue weighted by atomic mass is 9.84. The highest BCUT2D eigenvalue weighted by Gasteiger charge is 2.28. The predicted octanol–water partition coefficient (Wildman–Crippen LogP) is 7.93. The molecule has 1 fully saturated rings. The molecule has 170 valence electrons. The van der Waals surface area contributed by atoms with Crippen LogP contribution in [-0.4, -0.2) is 21.7 Å². The van der Waals surface area contributed by atoms with Crippen LogP contribution < -0.4 is 5.32 Å². The zero-order valence-corrected chi connectivity index (χ0v) is 22.0. The molecule has 0 saturated heterocycles. The maximum absolute atomic E-state index is 13.4. The van der Waals surface area contributed by atoms with Crippen LogP contribution in [-0.2, 0) is 6.42 Å². The van der Waals surface area contributed by atoms with E-state index in [9.17, 15) is 4.79 Å². The standard InChI is InChI=1S/C24H26BrCl2N3OS/c1-3-17-22(24(31)28-14(2)15-7-5-4-6-8-15)29-30(19-10-9-16(26)13-18(19)27)23(17)20-11-12-21(25)32-20/h9-15H,3-8H2,1-2H3,(H,28,31)/t14-/m0/s1. The topological polar surface area (TPSA) is 46.9 Å². The lowest BCUT2D eigenvalue weighted by Gasteiger charge is -2.28. The molecule has 1 N–H and O–H groups in total. The van der Waals surface area contributed by atoms with Crippen molar-refractivity contribution in [2.45, 2.75) is 58.4 Å². The number of amides is 1. The Balaban J connectivity index is 1.77. The van der Waals surface area contributed by atoms with Crippen molar-refractivity contribution in [3.05, 3.63) is 55.4 Å². The highest BCUT2D eigenvalue weighted by atomic mass is 79.9. The summed E-state index contributed by atoms with van der Waals surface area (Å²) in [6.45, 7) is 4.17. The van der Waals surface area contributed by atoms with Crippen molar-refractivity contribution in [3.63, 3.8) is 0 Å². The average molecular weight is 555 g/mol. The smallest absolute Gasteiger partial charge is 0.272 e. The second-order valence-corrected chi connectivity index (χ2v) is 11.6. The van der Waals surface area contributed by atoms with Crippen LogP contribution in [0.25, 0.3) is 16.3 Å². The molecule has 0 unspecified atom stereocenters. The molecule has 1 saturated carbocycles. The van der Waals surface area contributed by atoms with E-state index in [0.717, 1.165) is 19.9 Å². The molecule has 8 heteroatoms. The van der Waals surface area contributed by atoms with Crippen molar-refractivity contribution < 1.29 is 4.79 Å². The third kappa shape index (κ3) is 4.93. The fraction of sp³-hybridized carbons (Fsp3) is 0.417. The van der Waals surface area contributed by atoms with Gasteiger partial charge in [-0.2, -0.15) is 5.10 Å². The first-order chi connectivity index (χ1) is 15.4. The number of aromatic nitrogens is 2. The van der Waals surface area contributed by atoms with Crippen LogP contribution in [0.15, 0.2) is 34.1 Å². The highest BCUT2D eigenvalue weighted by molar-refractivity contribution is 9.11. The zero-order chi connectivity index (χ0) is 22.8. The third-order valence-corrected chi connectivity index (χ3v) is 8.38. The van der Waals surface area contributed by atoms with Crippen LogP contribution >= 0.6 is 50.5 Å². The largest absolute Gasteiger partial charge is 0.348 e. The Kier molecular flexibility index (Phi) is 7.65. The molecule has 4 rings (SSSR count). The first kappa shape index (κ1) is 23.8. The van der Waals surface area contributed by atoms with Crippen molar-refractivity contribution in [2.24, 2.45) is 5.92 Å². The van der Waals surface area contributed by atoms with E-state index in [1.807, 2.05) is 18.2 Å².